The fourth-order valence-corrected chi connectivity index (χ4v) is 5.01. The van der Waals surface area contributed by atoms with Crippen LogP contribution >= 0.6 is 0 Å². The summed E-state index contributed by atoms with van der Waals surface area (Å²) in [6, 6.07) is 18.4. The lowest BCUT2D eigenvalue weighted by Gasteiger charge is -2.35. The summed E-state index contributed by atoms with van der Waals surface area (Å²) in [4.78, 5) is 26.7. The second-order valence-electron chi connectivity index (χ2n) is 9.20. The van der Waals surface area contributed by atoms with E-state index < -0.39 is 53.6 Å². The molecule has 2 aromatic carbocycles. The molecule has 1 saturated carbocycles. The first-order valence-corrected chi connectivity index (χ1v) is 11.7. The lowest BCUT2D eigenvalue weighted by Crippen LogP contribution is -2.56. The Hall–Kier alpha value is -3.12. The number of aromatic amines is 1. The van der Waals surface area contributed by atoms with E-state index in [2.05, 4.69) is 4.98 Å². The van der Waals surface area contributed by atoms with Crippen molar-refractivity contribution in [2.45, 2.75) is 62.5 Å². The van der Waals surface area contributed by atoms with Crippen LogP contribution in [0.3, 0.4) is 0 Å². The Morgan fingerprint density at radius 2 is 1.56 bits per heavy atom. The third kappa shape index (κ3) is 4.11. The number of ether oxygens (including phenoxy) is 3. The molecule has 4 N–H and O–H groups in total. The molecule has 10 heteroatoms. The van der Waals surface area contributed by atoms with Crippen molar-refractivity contribution in [2.75, 3.05) is 0 Å². The molecule has 190 valence electrons. The molecule has 0 bridgehead atoms. The molecule has 1 aliphatic heterocycles. The van der Waals surface area contributed by atoms with Crippen molar-refractivity contribution >= 4 is 0 Å². The molecule has 0 unspecified atom stereocenters. The second-order valence-corrected chi connectivity index (χ2v) is 9.20. The maximum Gasteiger partial charge on any atom is 0.330 e. The van der Waals surface area contributed by atoms with E-state index in [-0.39, 0.29) is 18.8 Å². The SMILES string of the molecule is Cc1cn([C@@H]2O[C@@H]3[C@H](OCc4ccccc4)[C@H](O)[C@@H](O)[C@@]3(OCc3ccccc3)[C@@H]2O)c(=O)[nH]c1=O. The molecule has 3 aromatic rings. The Morgan fingerprint density at radius 1 is 0.944 bits per heavy atom. The highest BCUT2D eigenvalue weighted by Gasteiger charge is 2.72. The minimum Gasteiger partial charge on any atom is -0.387 e. The van der Waals surface area contributed by atoms with Gasteiger partial charge in [-0.15, -0.1) is 0 Å². The highest BCUT2D eigenvalue weighted by molar-refractivity contribution is 5.22. The van der Waals surface area contributed by atoms with Crippen LogP contribution in [0.25, 0.3) is 0 Å². The molecule has 1 aromatic heterocycles. The van der Waals surface area contributed by atoms with Crippen LogP contribution in [0.5, 0.6) is 0 Å². The molecular weight excluding hydrogens is 468 g/mol. The van der Waals surface area contributed by atoms with E-state index in [4.69, 9.17) is 14.2 Å². The summed E-state index contributed by atoms with van der Waals surface area (Å²) in [5.74, 6) is 0. The number of benzene rings is 2. The van der Waals surface area contributed by atoms with Crippen LogP contribution < -0.4 is 11.2 Å². The number of hydrogen-bond acceptors (Lipinski definition) is 8. The summed E-state index contributed by atoms with van der Waals surface area (Å²) in [5, 5.41) is 33.7. The predicted molar refractivity (Wildman–Crippen MR) is 127 cm³/mol. The third-order valence-electron chi connectivity index (χ3n) is 6.92. The maximum atomic E-state index is 12.6. The van der Waals surface area contributed by atoms with Gasteiger partial charge in [-0.2, -0.15) is 0 Å². The number of fused-ring (bicyclic) bond motifs is 1. The molecule has 2 fully saturated rings. The van der Waals surface area contributed by atoms with E-state index in [0.717, 1.165) is 15.7 Å². The molecule has 1 aliphatic carbocycles. The van der Waals surface area contributed by atoms with Gasteiger partial charge in [-0.1, -0.05) is 60.7 Å². The molecule has 1 saturated heterocycles. The Morgan fingerprint density at radius 3 is 2.19 bits per heavy atom. The molecule has 0 amide bonds. The van der Waals surface area contributed by atoms with Gasteiger partial charge in [0.25, 0.3) is 5.56 Å². The van der Waals surface area contributed by atoms with Crippen molar-refractivity contribution in [3.05, 3.63) is 104 Å². The molecule has 0 spiro atoms. The first-order chi connectivity index (χ1) is 17.3. The zero-order valence-corrected chi connectivity index (χ0v) is 19.6. The van der Waals surface area contributed by atoms with Crippen LogP contribution in [-0.4, -0.2) is 61.0 Å². The van der Waals surface area contributed by atoms with E-state index in [0.29, 0.717) is 0 Å². The van der Waals surface area contributed by atoms with Crippen LogP contribution in [0.15, 0.2) is 76.4 Å². The van der Waals surface area contributed by atoms with Crippen LogP contribution in [-0.2, 0) is 27.4 Å². The minimum absolute atomic E-state index is 0.000779. The zero-order chi connectivity index (χ0) is 25.4. The minimum atomic E-state index is -1.81. The molecule has 10 nitrogen and oxygen atoms in total. The van der Waals surface area contributed by atoms with E-state index in [1.54, 1.807) is 0 Å². The highest BCUT2D eigenvalue weighted by Crippen LogP contribution is 2.50. The van der Waals surface area contributed by atoms with Crippen molar-refractivity contribution in [1.82, 2.24) is 9.55 Å². The van der Waals surface area contributed by atoms with Gasteiger partial charge in [0, 0.05) is 11.8 Å². The molecule has 2 aliphatic rings. The Balaban J connectivity index is 1.51. The molecule has 7 atom stereocenters. The number of aryl methyl sites for hydroxylation is 1. The number of aromatic nitrogens is 2. The van der Waals surface area contributed by atoms with Gasteiger partial charge in [0.1, 0.15) is 30.5 Å². The summed E-state index contributed by atoms with van der Waals surface area (Å²) in [7, 11) is 0. The fourth-order valence-electron chi connectivity index (χ4n) is 5.01. The largest absolute Gasteiger partial charge is 0.387 e. The Kier molecular flexibility index (Phi) is 6.64. The maximum absolute atomic E-state index is 12.6. The van der Waals surface area contributed by atoms with Gasteiger partial charge in [0.15, 0.2) is 11.8 Å². The monoisotopic (exact) mass is 496 g/mol. The van der Waals surface area contributed by atoms with E-state index in [1.807, 2.05) is 60.7 Å². The van der Waals surface area contributed by atoms with Crippen molar-refractivity contribution in [3.8, 4) is 0 Å². The van der Waals surface area contributed by atoms with Gasteiger partial charge in [-0.3, -0.25) is 14.3 Å². The predicted octanol–water partition coefficient (Wildman–Crippen LogP) is 0.380. The zero-order valence-electron chi connectivity index (χ0n) is 19.6. The summed E-state index contributed by atoms with van der Waals surface area (Å²) >= 11 is 0. The van der Waals surface area contributed by atoms with Crippen LogP contribution in [0.4, 0.5) is 0 Å². The number of rotatable bonds is 7. The fraction of sp³-hybridized carbons (Fsp3) is 0.385. The van der Waals surface area contributed by atoms with Crippen molar-refractivity contribution < 1.29 is 29.5 Å². The van der Waals surface area contributed by atoms with E-state index in [9.17, 15) is 24.9 Å². The third-order valence-corrected chi connectivity index (χ3v) is 6.92. The van der Waals surface area contributed by atoms with E-state index >= 15 is 0 Å². The second kappa shape index (κ2) is 9.74. The van der Waals surface area contributed by atoms with Gasteiger partial charge in [0.2, 0.25) is 0 Å². The van der Waals surface area contributed by atoms with Crippen molar-refractivity contribution in [2.24, 2.45) is 0 Å². The van der Waals surface area contributed by atoms with Gasteiger partial charge >= 0.3 is 5.69 Å². The number of hydrogen-bond donors (Lipinski definition) is 4. The lowest BCUT2D eigenvalue weighted by molar-refractivity contribution is -0.184. The number of H-pyrrole nitrogens is 1. The average molecular weight is 497 g/mol. The lowest BCUT2D eigenvalue weighted by atomic mass is 9.91. The Labute approximate surface area is 206 Å². The highest BCUT2D eigenvalue weighted by atomic mass is 16.6. The number of nitrogens with one attached hydrogen (secondary N) is 1. The smallest absolute Gasteiger partial charge is 0.330 e. The van der Waals surface area contributed by atoms with Crippen LogP contribution in [0.1, 0.15) is 22.9 Å². The standard InChI is InChI=1S/C26H28N2O8/c1-15-12-28(25(33)27-23(15)32)24-21(31)26(35-14-17-10-6-3-7-11-17)20(30)18(29)19(22(26)36-24)34-13-16-8-4-2-5-9-16/h2-12,18-22,24,29-31H,13-14H2,1H3,(H,27,32,33)/t18-,19+,20+,21+,22+,24+,26+/m0/s1. The summed E-state index contributed by atoms with van der Waals surface area (Å²) in [5.41, 5.74) is -1.31. The topological polar surface area (TPSA) is 143 Å². The first-order valence-electron chi connectivity index (χ1n) is 11.7. The molecular formula is C26H28N2O8. The number of nitrogens with zero attached hydrogens (tertiary/aromatic N) is 1. The summed E-state index contributed by atoms with van der Waals surface area (Å²) in [6.45, 7) is 1.63. The Bertz CT molecular complexity index is 1310. The first kappa shape index (κ1) is 24.6. The quantitative estimate of drug-likeness (QED) is 0.368. The number of aliphatic hydroxyl groups is 3. The molecule has 36 heavy (non-hydrogen) atoms. The van der Waals surface area contributed by atoms with E-state index in [1.165, 1.54) is 13.1 Å². The van der Waals surface area contributed by atoms with Crippen LogP contribution in [0, 0.1) is 6.92 Å². The molecule has 2 heterocycles. The van der Waals surface area contributed by atoms with Crippen molar-refractivity contribution in [1.29, 1.82) is 0 Å². The molecule has 0 radical (unpaired) electrons. The van der Waals surface area contributed by atoms with Crippen LogP contribution in [0.2, 0.25) is 0 Å². The van der Waals surface area contributed by atoms with Crippen molar-refractivity contribution in [3.63, 3.8) is 0 Å². The van der Waals surface area contributed by atoms with Gasteiger partial charge in [0.05, 0.1) is 13.2 Å². The molecule has 5 rings (SSSR count). The average Bonchev–Trinajstić information content (AvgIpc) is 3.28. The summed E-state index contributed by atoms with van der Waals surface area (Å²) in [6.07, 6.45) is -6.83. The normalized spacial score (nSPS) is 31.4. The number of aliphatic hydroxyl groups excluding tert-OH is 3. The summed E-state index contributed by atoms with van der Waals surface area (Å²) < 4.78 is 19.3. The van der Waals surface area contributed by atoms with Gasteiger partial charge in [-0.25, -0.2) is 4.79 Å². The van der Waals surface area contributed by atoms with Gasteiger partial charge in [-0.05, 0) is 18.1 Å². The van der Waals surface area contributed by atoms with Gasteiger partial charge < -0.3 is 29.5 Å².